The number of aromatic nitrogens is 2. The second-order valence-electron chi connectivity index (χ2n) is 6.82. The van der Waals surface area contributed by atoms with Crippen LogP contribution in [-0.4, -0.2) is 34.6 Å². The van der Waals surface area contributed by atoms with Crippen molar-refractivity contribution in [3.05, 3.63) is 47.3 Å². The van der Waals surface area contributed by atoms with Gasteiger partial charge in [0.25, 0.3) is 5.91 Å². The molecule has 2 heterocycles. The lowest BCUT2D eigenvalue weighted by molar-refractivity contribution is -0.154. The molecular weight excluding hydrogens is 401 g/mol. The number of hydrogen-bond acceptors (Lipinski definition) is 5. The maximum atomic E-state index is 12.4. The van der Waals surface area contributed by atoms with Gasteiger partial charge in [0.2, 0.25) is 11.8 Å². The van der Waals surface area contributed by atoms with E-state index >= 15 is 0 Å². The van der Waals surface area contributed by atoms with Crippen LogP contribution in [-0.2, 0) is 17.8 Å². The topological polar surface area (TPSA) is 93.2 Å². The number of pyridine rings is 2. The highest BCUT2D eigenvalue weighted by atomic mass is 19.4. The lowest BCUT2D eigenvalue weighted by Gasteiger charge is -2.13. The smallest absolute Gasteiger partial charge is 0.422 e. The molecule has 2 rings (SSSR count). The van der Waals surface area contributed by atoms with Gasteiger partial charge in [0.15, 0.2) is 6.61 Å². The lowest BCUT2D eigenvalue weighted by atomic mass is 10.1. The van der Waals surface area contributed by atoms with Gasteiger partial charge >= 0.3 is 6.18 Å². The van der Waals surface area contributed by atoms with Crippen molar-refractivity contribution in [1.82, 2.24) is 15.3 Å². The minimum atomic E-state index is -4.45. The number of hydrogen-bond donors (Lipinski definition) is 2. The molecular formula is C20H23F3N4O3. The van der Waals surface area contributed by atoms with Gasteiger partial charge in [-0.3, -0.25) is 9.59 Å². The molecule has 10 heteroatoms. The first-order valence-corrected chi connectivity index (χ1v) is 9.31. The highest BCUT2D eigenvalue weighted by molar-refractivity contribution is 5.96. The van der Waals surface area contributed by atoms with Crippen LogP contribution >= 0.6 is 0 Å². The summed E-state index contributed by atoms with van der Waals surface area (Å²) in [6, 6.07) is 4.60. The first kappa shape index (κ1) is 23.1. The third kappa shape index (κ3) is 7.02. The zero-order valence-electron chi connectivity index (χ0n) is 16.8. The molecule has 2 N–H and O–H groups in total. The number of carbonyl (C=O) groups excluding carboxylic acids is 2. The number of rotatable bonds is 8. The number of ether oxygens (including phenoxy) is 1. The minimum absolute atomic E-state index is 0.0791. The highest BCUT2D eigenvalue weighted by Gasteiger charge is 2.29. The van der Waals surface area contributed by atoms with E-state index in [1.54, 1.807) is 26.8 Å². The van der Waals surface area contributed by atoms with Crippen molar-refractivity contribution in [3.8, 4) is 5.88 Å². The minimum Gasteiger partial charge on any atom is -0.468 e. The zero-order chi connectivity index (χ0) is 22.3. The fraction of sp³-hybridized carbons (Fsp3) is 0.400. The van der Waals surface area contributed by atoms with Gasteiger partial charge in [0.05, 0.1) is 0 Å². The molecule has 0 atom stereocenters. The Morgan fingerprint density at radius 2 is 1.93 bits per heavy atom. The molecule has 2 aromatic rings. The Morgan fingerprint density at radius 1 is 1.20 bits per heavy atom. The summed E-state index contributed by atoms with van der Waals surface area (Å²) in [6.07, 6.45) is -1.26. The quantitative estimate of drug-likeness (QED) is 0.677. The van der Waals surface area contributed by atoms with Crippen LogP contribution in [0.4, 0.5) is 19.0 Å². The van der Waals surface area contributed by atoms with Crippen LogP contribution in [0.2, 0.25) is 0 Å². The Labute approximate surface area is 172 Å². The van der Waals surface area contributed by atoms with Gasteiger partial charge in [-0.1, -0.05) is 20.8 Å². The van der Waals surface area contributed by atoms with Gasteiger partial charge in [0, 0.05) is 36.0 Å². The third-order valence-corrected chi connectivity index (χ3v) is 3.99. The van der Waals surface area contributed by atoms with E-state index in [4.69, 9.17) is 4.74 Å². The Hall–Kier alpha value is -3.17. The molecule has 0 aliphatic heterocycles. The summed E-state index contributed by atoms with van der Waals surface area (Å²) < 4.78 is 41.7. The normalized spacial score (nSPS) is 11.3. The number of alkyl halides is 3. The van der Waals surface area contributed by atoms with Crippen LogP contribution in [0.5, 0.6) is 5.88 Å². The second kappa shape index (κ2) is 10.0. The monoisotopic (exact) mass is 424 g/mol. The molecule has 0 fully saturated rings. The summed E-state index contributed by atoms with van der Waals surface area (Å²) in [5, 5.41) is 5.33. The van der Waals surface area contributed by atoms with Crippen molar-refractivity contribution < 1.29 is 27.5 Å². The fourth-order valence-corrected chi connectivity index (χ4v) is 2.37. The van der Waals surface area contributed by atoms with Gasteiger partial charge in [0.1, 0.15) is 5.82 Å². The van der Waals surface area contributed by atoms with E-state index in [2.05, 4.69) is 20.6 Å². The molecule has 7 nitrogen and oxygen atoms in total. The molecule has 0 aliphatic rings. The maximum Gasteiger partial charge on any atom is 0.422 e. The fourth-order valence-electron chi connectivity index (χ4n) is 2.37. The molecule has 0 aromatic carbocycles. The molecule has 2 amide bonds. The second-order valence-corrected chi connectivity index (χ2v) is 6.82. The number of aryl methyl sites for hydroxylation is 1. The van der Waals surface area contributed by atoms with Crippen LogP contribution in [0.25, 0.3) is 0 Å². The van der Waals surface area contributed by atoms with Crippen LogP contribution in [0.1, 0.15) is 42.3 Å². The average Bonchev–Trinajstić information content (AvgIpc) is 2.70. The molecule has 0 spiro atoms. The van der Waals surface area contributed by atoms with E-state index in [0.29, 0.717) is 23.1 Å². The SMILES string of the molecule is CCc1cc(CNC(=O)c2ccnc(NC(=O)C(C)C)c2)cnc1OCC(F)(F)F. The molecule has 0 unspecified atom stereocenters. The van der Waals surface area contributed by atoms with Crippen molar-refractivity contribution in [2.24, 2.45) is 5.92 Å². The summed E-state index contributed by atoms with van der Waals surface area (Å²) in [7, 11) is 0. The predicted molar refractivity (Wildman–Crippen MR) is 104 cm³/mol. The van der Waals surface area contributed by atoms with E-state index in [-0.39, 0.29) is 30.1 Å². The maximum absolute atomic E-state index is 12.4. The van der Waals surface area contributed by atoms with Crippen molar-refractivity contribution >= 4 is 17.6 Å². The Balaban J connectivity index is 2.01. The van der Waals surface area contributed by atoms with E-state index in [9.17, 15) is 22.8 Å². The summed E-state index contributed by atoms with van der Waals surface area (Å²) >= 11 is 0. The highest BCUT2D eigenvalue weighted by Crippen LogP contribution is 2.21. The molecule has 0 aliphatic carbocycles. The van der Waals surface area contributed by atoms with E-state index in [1.165, 1.54) is 24.5 Å². The largest absolute Gasteiger partial charge is 0.468 e. The molecule has 2 aromatic heterocycles. The summed E-state index contributed by atoms with van der Waals surface area (Å²) in [4.78, 5) is 32.1. The number of carbonyl (C=O) groups is 2. The van der Waals surface area contributed by atoms with E-state index < -0.39 is 18.7 Å². The van der Waals surface area contributed by atoms with Gasteiger partial charge in [-0.05, 0) is 30.2 Å². The lowest BCUT2D eigenvalue weighted by Crippen LogP contribution is -2.24. The van der Waals surface area contributed by atoms with E-state index in [0.717, 1.165) is 0 Å². The first-order chi connectivity index (χ1) is 14.1. The zero-order valence-corrected chi connectivity index (χ0v) is 16.8. The van der Waals surface area contributed by atoms with Crippen LogP contribution in [0.3, 0.4) is 0 Å². The van der Waals surface area contributed by atoms with Crippen LogP contribution < -0.4 is 15.4 Å². The third-order valence-electron chi connectivity index (χ3n) is 3.99. The predicted octanol–water partition coefficient (Wildman–Crippen LogP) is 3.50. The van der Waals surface area contributed by atoms with Gasteiger partial charge in [-0.2, -0.15) is 13.2 Å². The molecule has 0 radical (unpaired) electrons. The van der Waals surface area contributed by atoms with Crippen molar-refractivity contribution in [1.29, 1.82) is 0 Å². The van der Waals surface area contributed by atoms with Crippen LogP contribution in [0.15, 0.2) is 30.6 Å². The molecule has 0 saturated carbocycles. The number of amides is 2. The molecule has 0 saturated heterocycles. The van der Waals surface area contributed by atoms with Gasteiger partial charge in [-0.15, -0.1) is 0 Å². The molecule has 0 bridgehead atoms. The number of nitrogens with one attached hydrogen (secondary N) is 2. The van der Waals surface area contributed by atoms with Crippen molar-refractivity contribution in [3.63, 3.8) is 0 Å². The summed E-state index contributed by atoms with van der Waals surface area (Å²) in [6.45, 7) is 3.95. The first-order valence-electron chi connectivity index (χ1n) is 9.31. The Bertz CT molecular complexity index is 901. The number of anilines is 1. The standard InChI is InChI=1S/C20H23F3N4O3/c1-4-14-7-13(10-26-19(14)30-11-20(21,22)23)9-25-18(29)15-5-6-24-16(8-15)27-17(28)12(2)3/h5-8,10,12H,4,9,11H2,1-3H3,(H,25,29)(H,24,27,28). The Kier molecular flexibility index (Phi) is 7.73. The summed E-state index contributed by atoms with van der Waals surface area (Å²) in [5.41, 5.74) is 1.42. The number of nitrogens with zero attached hydrogens (tertiary/aromatic N) is 2. The molecule has 162 valence electrons. The number of halogens is 3. The van der Waals surface area contributed by atoms with Gasteiger partial charge in [-0.25, -0.2) is 9.97 Å². The molecule has 30 heavy (non-hydrogen) atoms. The van der Waals surface area contributed by atoms with E-state index in [1.807, 2.05) is 0 Å². The van der Waals surface area contributed by atoms with Crippen LogP contribution in [0, 0.1) is 5.92 Å². The van der Waals surface area contributed by atoms with Gasteiger partial charge < -0.3 is 15.4 Å². The van der Waals surface area contributed by atoms with Crippen molar-refractivity contribution in [2.75, 3.05) is 11.9 Å². The van der Waals surface area contributed by atoms with Crippen molar-refractivity contribution in [2.45, 2.75) is 39.9 Å². The average molecular weight is 424 g/mol. The Morgan fingerprint density at radius 3 is 2.57 bits per heavy atom. The summed E-state index contributed by atoms with van der Waals surface area (Å²) in [5.74, 6) is -0.654.